The van der Waals surface area contributed by atoms with Crippen LogP contribution in [0.15, 0.2) is 35.1 Å². The summed E-state index contributed by atoms with van der Waals surface area (Å²) in [7, 11) is 0. The monoisotopic (exact) mass is 378 g/mol. The van der Waals surface area contributed by atoms with Crippen molar-refractivity contribution in [3.8, 4) is 5.75 Å². The molecule has 0 saturated heterocycles. The summed E-state index contributed by atoms with van der Waals surface area (Å²) in [6.45, 7) is 6.44. The van der Waals surface area contributed by atoms with Crippen LogP contribution in [0.2, 0.25) is 0 Å². The van der Waals surface area contributed by atoms with Crippen molar-refractivity contribution in [1.29, 1.82) is 0 Å². The van der Waals surface area contributed by atoms with Gasteiger partial charge in [0.05, 0.1) is 17.4 Å². The molecule has 28 heavy (non-hydrogen) atoms. The molecule has 5 rings (SSSR count). The fourth-order valence-electron chi connectivity index (χ4n) is 4.00. The van der Waals surface area contributed by atoms with E-state index in [9.17, 15) is 4.79 Å². The van der Waals surface area contributed by atoms with E-state index in [4.69, 9.17) is 9.72 Å². The molecule has 0 amide bonds. The predicted molar refractivity (Wildman–Crippen MR) is 108 cm³/mol. The van der Waals surface area contributed by atoms with Gasteiger partial charge in [-0.05, 0) is 44.4 Å². The lowest BCUT2D eigenvalue weighted by molar-refractivity contribution is 0.238. The zero-order chi connectivity index (χ0) is 19.3. The molecule has 146 valence electrons. The van der Waals surface area contributed by atoms with Gasteiger partial charge in [-0.2, -0.15) is 0 Å². The van der Waals surface area contributed by atoms with Crippen LogP contribution in [0.1, 0.15) is 55.1 Å². The highest BCUT2D eigenvalue weighted by molar-refractivity contribution is 5.44. The van der Waals surface area contributed by atoms with Crippen molar-refractivity contribution in [2.75, 3.05) is 6.54 Å². The summed E-state index contributed by atoms with van der Waals surface area (Å²) < 4.78 is 7.35. The minimum Gasteiger partial charge on any atom is -0.491 e. The number of rotatable bonds is 5. The number of nitrogens with zero attached hydrogens (tertiary/aromatic N) is 3. The summed E-state index contributed by atoms with van der Waals surface area (Å²) in [5.74, 6) is 1.48. The molecule has 2 aliphatic rings. The van der Waals surface area contributed by atoms with Gasteiger partial charge in [-0.1, -0.05) is 12.1 Å². The van der Waals surface area contributed by atoms with Gasteiger partial charge in [0.1, 0.15) is 5.75 Å². The second kappa shape index (κ2) is 6.78. The van der Waals surface area contributed by atoms with Crippen LogP contribution in [-0.4, -0.2) is 32.1 Å². The van der Waals surface area contributed by atoms with Gasteiger partial charge in [-0.15, -0.1) is 0 Å². The molecule has 0 radical (unpaired) electrons. The lowest BCUT2D eigenvalue weighted by Gasteiger charge is -2.27. The Bertz CT molecular complexity index is 1060. The van der Waals surface area contributed by atoms with Crippen LogP contribution in [0.5, 0.6) is 5.75 Å². The first-order valence-corrected chi connectivity index (χ1v) is 10.2. The second-order valence-corrected chi connectivity index (χ2v) is 8.29. The second-order valence-electron chi connectivity index (χ2n) is 8.29. The minimum atomic E-state index is 0.0530. The number of aromatic amines is 1. The fourth-order valence-corrected chi connectivity index (χ4v) is 4.00. The van der Waals surface area contributed by atoms with Gasteiger partial charge in [-0.25, -0.2) is 9.50 Å². The van der Waals surface area contributed by atoms with E-state index < -0.39 is 0 Å². The molecule has 3 aromatic rings. The van der Waals surface area contributed by atoms with Crippen LogP contribution in [0, 0.1) is 0 Å². The molecule has 1 saturated carbocycles. The summed E-state index contributed by atoms with van der Waals surface area (Å²) >= 11 is 0. The number of benzene rings is 1. The molecule has 1 aromatic carbocycles. The zero-order valence-corrected chi connectivity index (χ0v) is 16.4. The van der Waals surface area contributed by atoms with Crippen molar-refractivity contribution < 1.29 is 4.74 Å². The van der Waals surface area contributed by atoms with Gasteiger partial charge in [0.25, 0.3) is 5.56 Å². The Morgan fingerprint density at radius 2 is 2.04 bits per heavy atom. The predicted octanol–water partition coefficient (Wildman–Crippen LogP) is 3.25. The van der Waals surface area contributed by atoms with Crippen molar-refractivity contribution in [2.24, 2.45) is 0 Å². The molecule has 0 atom stereocenters. The Morgan fingerprint density at radius 1 is 1.25 bits per heavy atom. The van der Waals surface area contributed by atoms with Crippen LogP contribution in [0.4, 0.5) is 0 Å². The third-order valence-corrected chi connectivity index (χ3v) is 5.58. The Balaban J connectivity index is 1.35. The van der Waals surface area contributed by atoms with Gasteiger partial charge in [0, 0.05) is 43.7 Å². The number of nitrogens with one attached hydrogen (secondary N) is 1. The lowest BCUT2D eigenvalue weighted by Crippen LogP contribution is -2.36. The number of H-pyrrole nitrogens is 1. The largest absolute Gasteiger partial charge is 0.491 e. The molecule has 1 aliphatic heterocycles. The maximum absolute atomic E-state index is 13.0. The number of fused-ring (bicyclic) bond motifs is 2. The topological polar surface area (TPSA) is 62.6 Å². The summed E-state index contributed by atoms with van der Waals surface area (Å²) in [6.07, 6.45) is 3.40. The lowest BCUT2D eigenvalue weighted by atomic mass is 10.1. The van der Waals surface area contributed by atoms with Crippen LogP contribution in [-0.2, 0) is 19.5 Å². The van der Waals surface area contributed by atoms with E-state index in [0.29, 0.717) is 12.5 Å². The van der Waals surface area contributed by atoms with Crippen molar-refractivity contribution in [1.82, 2.24) is 19.5 Å². The molecular weight excluding hydrogens is 352 g/mol. The third-order valence-electron chi connectivity index (χ3n) is 5.58. The maximum Gasteiger partial charge on any atom is 0.277 e. The molecule has 0 unspecified atom stereocenters. The van der Waals surface area contributed by atoms with E-state index in [1.54, 1.807) is 4.52 Å². The average Bonchev–Trinajstić information content (AvgIpc) is 3.43. The molecule has 2 aromatic heterocycles. The number of hydrogen-bond acceptors (Lipinski definition) is 4. The van der Waals surface area contributed by atoms with Crippen molar-refractivity contribution in [3.05, 3.63) is 63.2 Å². The van der Waals surface area contributed by atoms with Gasteiger partial charge < -0.3 is 4.74 Å². The highest BCUT2D eigenvalue weighted by Gasteiger charge is 2.27. The van der Waals surface area contributed by atoms with Crippen LogP contribution >= 0.6 is 0 Å². The Labute approximate surface area is 164 Å². The maximum atomic E-state index is 13.0. The molecule has 1 aliphatic carbocycles. The Hall–Kier alpha value is -2.60. The Kier molecular flexibility index (Phi) is 4.23. The van der Waals surface area contributed by atoms with Crippen LogP contribution in [0.25, 0.3) is 5.65 Å². The molecular formula is C22H26N4O2. The summed E-state index contributed by atoms with van der Waals surface area (Å²) in [5.41, 5.74) is 4.98. The van der Waals surface area contributed by atoms with E-state index in [-0.39, 0.29) is 11.7 Å². The van der Waals surface area contributed by atoms with Crippen molar-refractivity contribution in [3.63, 3.8) is 0 Å². The van der Waals surface area contributed by atoms with E-state index in [0.717, 1.165) is 47.9 Å². The normalized spacial score (nSPS) is 17.2. The van der Waals surface area contributed by atoms with Gasteiger partial charge in [0.15, 0.2) is 5.65 Å². The molecule has 3 heterocycles. The zero-order valence-electron chi connectivity index (χ0n) is 16.4. The van der Waals surface area contributed by atoms with E-state index in [1.165, 1.54) is 18.4 Å². The third kappa shape index (κ3) is 3.33. The standard InChI is InChI=1S/C22H26N4O2/c1-14(2)28-17-7-3-15(4-8-17)12-25-10-9-19-18(13-25)22(27)26-21(23-19)11-20(24-26)16-5-6-16/h3-4,7-8,11,14,16,24H,5-6,9-10,12-13H2,1-2H3. The molecule has 6 nitrogen and oxygen atoms in total. The van der Waals surface area contributed by atoms with E-state index in [2.05, 4.69) is 22.1 Å². The molecule has 1 fully saturated rings. The van der Waals surface area contributed by atoms with Gasteiger partial charge in [0.2, 0.25) is 0 Å². The van der Waals surface area contributed by atoms with E-state index in [1.807, 2.05) is 32.0 Å². The number of hydrogen-bond donors (Lipinski definition) is 1. The highest BCUT2D eigenvalue weighted by Crippen LogP contribution is 2.39. The van der Waals surface area contributed by atoms with Crippen molar-refractivity contribution >= 4 is 5.65 Å². The highest BCUT2D eigenvalue weighted by atomic mass is 16.5. The summed E-state index contributed by atoms with van der Waals surface area (Å²) in [5, 5.41) is 3.27. The first-order chi connectivity index (χ1) is 13.6. The smallest absolute Gasteiger partial charge is 0.277 e. The number of aromatic nitrogens is 3. The van der Waals surface area contributed by atoms with Gasteiger partial charge in [-0.3, -0.25) is 14.8 Å². The molecule has 0 bridgehead atoms. The summed E-state index contributed by atoms with van der Waals surface area (Å²) in [6, 6.07) is 10.3. The summed E-state index contributed by atoms with van der Waals surface area (Å²) in [4.78, 5) is 20.1. The SMILES string of the molecule is CC(C)Oc1ccc(CN2CCc3nc4cc(C5CC5)[nH]n4c(=O)c3C2)cc1. The molecule has 1 N–H and O–H groups in total. The molecule has 6 heteroatoms. The Morgan fingerprint density at radius 3 is 2.75 bits per heavy atom. The fraction of sp³-hybridized carbons (Fsp3) is 0.455. The minimum absolute atomic E-state index is 0.0530. The van der Waals surface area contributed by atoms with Crippen LogP contribution in [0.3, 0.4) is 0 Å². The first-order valence-electron chi connectivity index (χ1n) is 10.2. The van der Waals surface area contributed by atoms with Crippen molar-refractivity contribution in [2.45, 2.75) is 58.2 Å². The first kappa shape index (κ1) is 17.5. The average molecular weight is 378 g/mol. The number of ether oxygens (including phenoxy) is 1. The van der Waals surface area contributed by atoms with Gasteiger partial charge >= 0.3 is 0 Å². The van der Waals surface area contributed by atoms with Crippen LogP contribution < -0.4 is 10.3 Å². The quantitative estimate of drug-likeness (QED) is 0.740. The van der Waals surface area contributed by atoms with E-state index >= 15 is 0 Å². The molecule has 0 spiro atoms.